The summed E-state index contributed by atoms with van der Waals surface area (Å²) in [5, 5.41) is 17.9. The molecule has 0 aliphatic carbocycles. The number of nitrogens with zero attached hydrogens (tertiary/aromatic N) is 4. The van der Waals surface area contributed by atoms with Crippen molar-refractivity contribution in [2.24, 2.45) is 0 Å². The topological polar surface area (TPSA) is 112 Å². The molecule has 1 atom stereocenters. The second-order valence-electron chi connectivity index (χ2n) is 6.19. The minimum absolute atomic E-state index is 0.00772. The fourth-order valence-corrected chi connectivity index (χ4v) is 3.46. The van der Waals surface area contributed by atoms with Gasteiger partial charge in [0.15, 0.2) is 0 Å². The lowest BCUT2D eigenvalue weighted by molar-refractivity contribution is -0.384. The molecule has 1 aliphatic heterocycles. The first-order valence-corrected chi connectivity index (χ1v) is 9.15. The van der Waals surface area contributed by atoms with Crippen molar-refractivity contribution in [1.29, 1.82) is 0 Å². The first kappa shape index (κ1) is 18.1. The van der Waals surface area contributed by atoms with E-state index in [-0.39, 0.29) is 30.7 Å². The maximum Gasteiger partial charge on any atom is 0.269 e. The van der Waals surface area contributed by atoms with Gasteiger partial charge >= 0.3 is 0 Å². The number of carbonyl (C=O) groups is 1. The number of rotatable bonds is 5. The van der Waals surface area contributed by atoms with E-state index < -0.39 is 4.92 Å². The number of carbonyl (C=O) groups excluding carboxylic acids is 1. The van der Waals surface area contributed by atoms with Crippen molar-refractivity contribution >= 4 is 33.5 Å². The van der Waals surface area contributed by atoms with Crippen LogP contribution in [0.2, 0.25) is 0 Å². The normalized spacial score (nSPS) is 15.6. The van der Waals surface area contributed by atoms with E-state index in [1.165, 1.54) is 18.5 Å². The highest BCUT2D eigenvalue weighted by molar-refractivity contribution is 9.10. The number of aromatic nitrogens is 3. The molecule has 0 saturated carbocycles. The Hall–Kier alpha value is -3.27. The highest BCUT2D eigenvalue weighted by Crippen LogP contribution is 2.36. The monoisotopic (exact) mass is 443 g/mol. The minimum atomic E-state index is -0.443. The molecule has 1 N–H and O–H groups in total. The predicted molar refractivity (Wildman–Crippen MR) is 103 cm³/mol. The molecule has 0 bridgehead atoms. The van der Waals surface area contributed by atoms with E-state index in [4.69, 9.17) is 4.74 Å². The zero-order valence-corrected chi connectivity index (χ0v) is 16.0. The molecule has 0 saturated heterocycles. The molecule has 9 nitrogen and oxygen atoms in total. The van der Waals surface area contributed by atoms with Crippen LogP contribution in [0.1, 0.15) is 23.6 Å². The summed E-state index contributed by atoms with van der Waals surface area (Å²) in [6.45, 7) is 0.152. The van der Waals surface area contributed by atoms with Gasteiger partial charge in [0, 0.05) is 22.2 Å². The van der Waals surface area contributed by atoms with Crippen molar-refractivity contribution in [3.05, 3.63) is 74.5 Å². The van der Waals surface area contributed by atoms with Crippen LogP contribution in [0.15, 0.2) is 53.3 Å². The van der Waals surface area contributed by atoms with Crippen LogP contribution in [0, 0.1) is 10.1 Å². The number of amides is 1. The van der Waals surface area contributed by atoms with Crippen molar-refractivity contribution in [2.45, 2.75) is 19.1 Å². The van der Waals surface area contributed by atoms with Gasteiger partial charge in [0.05, 0.1) is 17.4 Å². The maximum atomic E-state index is 12.1. The summed E-state index contributed by atoms with van der Waals surface area (Å²) in [5.41, 5.74) is 1.45. The number of nitrogens with one attached hydrogen (secondary N) is 1. The predicted octanol–water partition coefficient (Wildman–Crippen LogP) is 3.46. The highest BCUT2D eigenvalue weighted by atomic mass is 79.9. The first-order chi connectivity index (χ1) is 13.5. The largest absolute Gasteiger partial charge is 0.489 e. The van der Waals surface area contributed by atoms with Crippen LogP contribution in [-0.4, -0.2) is 25.6 Å². The third-order valence-corrected chi connectivity index (χ3v) is 4.84. The molecule has 10 heteroatoms. The van der Waals surface area contributed by atoms with Crippen molar-refractivity contribution in [3.63, 3.8) is 0 Å². The second kappa shape index (κ2) is 7.39. The van der Waals surface area contributed by atoms with E-state index in [1.54, 1.807) is 22.9 Å². The molecule has 28 heavy (non-hydrogen) atoms. The van der Waals surface area contributed by atoms with Gasteiger partial charge in [-0.3, -0.25) is 20.2 Å². The van der Waals surface area contributed by atoms with Gasteiger partial charge < -0.3 is 4.74 Å². The van der Waals surface area contributed by atoms with Gasteiger partial charge in [0.25, 0.3) is 5.69 Å². The van der Waals surface area contributed by atoms with E-state index in [1.807, 2.05) is 12.1 Å². The Labute approximate surface area is 167 Å². The summed E-state index contributed by atoms with van der Waals surface area (Å²) in [6, 6.07) is 11.4. The number of anilines is 1. The Bertz CT molecular complexity index is 1070. The zero-order chi connectivity index (χ0) is 19.7. The lowest BCUT2D eigenvalue weighted by Crippen LogP contribution is -2.29. The summed E-state index contributed by atoms with van der Waals surface area (Å²) in [6.07, 6.45) is 1.58. The van der Waals surface area contributed by atoms with Crippen LogP contribution in [-0.2, 0) is 11.4 Å². The smallest absolute Gasteiger partial charge is 0.269 e. The van der Waals surface area contributed by atoms with Crippen LogP contribution >= 0.6 is 15.9 Å². The Morgan fingerprint density at radius 1 is 1.32 bits per heavy atom. The molecule has 0 unspecified atom stereocenters. The Balaban J connectivity index is 1.64. The molecule has 0 radical (unpaired) electrons. The molecule has 1 aromatic heterocycles. The first-order valence-electron chi connectivity index (χ1n) is 8.36. The Kier molecular flexibility index (Phi) is 4.78. The average Bonchev–Trinajstić information content (AvgIpc) is 3.15. The molecule has 1 aliphatic rings. The van der Waals surface area contributed by atoms with E-state index in [2.05, 4.69) is 31.3 Å². The number of ether oxygens (including phenoxy) is 1. The fraction of sp³-hybridized carbons (Fsp3) is 0.167. The second-order valence-corrected chi connectivity index (χ2v) is 7.11. The van der Waals surface area contributed by atoms with E-state index in [9.17, 15) is 14.9 Å². The molecule has 2 heterocycles. The van der Waals surface area contributed by atoms with Crippen molar-refractivity contribution in [3.8, 4) is 5.75 Å². The lowest BCUT2D eigenvalue weighted by atomic mass is 10.0. The van der Waals surface area contributed by atoms with Crippen molar-refractivity contribution in [1.82, 2.24) is 14.8 Å². The summed E-state index contributed by atoms with van der Waals surface area (Å²) in [5.74, 6) is 0.789. The zero-order valence-electron chi connectivity index (χ0n) is 14.4. The fourth-order valence-electron chi connectivity index (χ4n) is 3.08. The maximum absolute atomic E-state index is 12.1. The van der Waals surface area contributed by atoms with Crippen LogP contribution in [0.3, 0.4) is 0 Å². The number of hydrogen-bond acceptors (Lipinski definition) is 6. The van der Waals surface area contributed by atoms with Gasteiger partial charge in [0.2, 0.25) is 11.9 Å². The highest BCUT2D eigenvalue weighted by Gasteiger charge is 2.30. The van der Waals surface area contributed by atoms with E-state index in [0.29, 0.717) is 17.3 Å². The molecule has 0 spiro atoms. The standard InChI is InChI=1S/C18H14BrN5O4/c19-12-4-5-16(28-9-11-2-1-3-13(6-11)24(26)27)14(7-12)15-8-17(25)22-18-20-10-21-23(15)18/h1-7,10,15H,8-9H2,(H,20,21,22,25)/t15-/m0/s1. The van der Waals surface area contributed by atoms with Gasteiger partial charge in [0.1, 0.15) is 18.7 Å². The van der Waals surface area contributed by atoms with Gasteiger partial charge in [-0.25, -0.2) is 4.68 Å². The molecule has 142 valence electrons. The Morgan fingerprint density at radius 2 is 2.18 bits per heavy atom. The number of fused-ring (bicyclic) bond motifs is 1. The van der Waals surface area contributed by atoms with Gasteiger partial charge in [-0.1, -0.05) is 28.1 Å². The van der Waals surface area contributed by atoms with Crippen LogP contribution in [0.5, 0.6) is 5.75 Å². The third kappa shape index (κ3) is 3.58. The Morgan fingerprint density at radius 3 is 3.00 bits per heavy atom. The number of nitro groups is 1. The van der Waals surface area contributed by atoms with Crippen LogP contribution < -0.4 is 10.1 Å². The van der Waals surface area contributed by atoms with Crippen LogP contribution in [0.4, 0.5) is 11.6 Å². The van der Waals surface area contributed by atoms with Gasteiger partial charge in [-0.15, -0.1) is 0 Å². The van der Waals surface area contributed by atoms with Crippen molar-refractivity contribution < 1.29 is 14.5 Å². The molecule has 3 aromatic rings. The summed E-state index contributed by atoms with van der Waals surface area (Å²) >= 11 is 3.45. The summed E-state index contributed by atoms with van der Waals surface area (Å²) < 4.78 is 8.43. The molecule has 1 amide bonds. The molecular weight excluding hydrogens is 430 g/mol. The van der Waals surface area contributed by atoms with E-state index >= 15 is 0 Å². The minimum Gasteiger partial charge on any atom is -0.489 e. The average molecular weight is 444 g/mol. The van der Waals surface area contributed by atoms with E-state index in [0.717, 1.165) is 10.0 Å². The third-order valence-electron chi connectivity index (χ3n) is 4.34. The number of benzene rings is 2. The molecule has 2 aromatic carbocycles. The van der Waals surface area contributed by atoms with Gasteiger partial charge in [-0.2, -0.15) is 10.1 Å². The van der Waals surface area contributed by atoms with Crippen molar-refractivity contribution in [2.75, 3.05) is 5.32 Å². The quantitative estimate of drug-likeness (QED) is 0.477. The molecule has 4 rings (SSSR count). The van der Waals surface area contributed by atoms with Gasteiger partial charge in [-0.05, 0) is 23.8 Å². The number of nitro benzene ring substituents is 1. The lowest BCUT2D eigenvalue weighted by Gasteiger charge is -2.25. The SMILES string of the molecule is O=C1C[C@@H](c2cc(Br)ccc2OCc2cccc([N+](=O)[O-])c2)n2ncnc2N1. The molecule has 0 fully saturated rings. The number of non-ortho nitro benzene ring substituents is 1. The number of hydrogen-bond donors (Lipinski definition) is 1. The summed E-state index contributed by atoms with van der Waals surface area (Å²) in [4.78, 5) is 26.6. The summed E-state index contributed by atoms with van der Waals surface area (Å²) in [7, 11) is 0. The number of halogens is 1. The van der Waals surface area contributed by atoms with Crippen LogP contribution in [0.25, 0.3) is 0 Å². The molecular formula is C18H14BrN5O4.